The predicted molar refractivity (Wildman–Crippen MR) is 121 cm³/mol. The van der Waals surface area contributed by atoms with Crippen molar-refractivity contribution < 1.29 is 13.2 Å². The smallest absolute Gasteiger partial charge is 0.243 e. The van der Waals surface area contributed by atoms with E-state index in [0.717, 1.165) is 69.8 Å². The van der Waals surface area contributed by atoms with E-state index in [-0.39, 0.29) is 0 Å². The maximum Gasteiger partial charge on any atom is 0.243 e. The summed E-state index contributed by atoms with van der Waals surface area (Å²) in [6.45, 7) is 8.26. The number of piperidine rings is 1. The molecule has 1 aromatic heterocycles. The first-order valence-corrected chi connectivity index (χ1v) is 12.5. The Hall–Kier alpha value is -2.07. The summed E-state index contributed by atoms with van der Waals surface area (Å²) in [5.74, 6) is 0.713. The van der Waals surface area contributed by atoms with E-state index in [2.05, 4.69) is 20.4 Å². The van der Waals surface area contributed by atoms with E-state index in [1.807, 2.05) is 31.2 Å². The molecule has 31 heavy (non-hydrogen) atoms. The van der Waals surface area contributed by atoms with Crippen LogP contribution in [0.1, 0.15) is 24.8 Å². The summed E-state index contributed by atoms with van der Waals surface area (Å²) in [5, 5.41) is 11.9. The molecule has 0 radical (unpaired) electrons. The van der Waals surface area contributed by atoms with Crippen molar-refractivity contribution in [2.45, 2.75) is 31.1 Å². The fourth-order valence-corrected chi connectivity index (χ4v) is 5.80. The summed E-state index contributed by atoms with van der Waals surface area (Å²) in [4.78, 5) is 2.72. The minimum absolute atomic E-state index is 0.362. The Labute approximate surface area is 184 Å². The van der Waals surface area contributed by atoms with Crippen molar-refractivity contribution in [3.8, 4) is 11.3 Å². The van der Waals surface area contributed by atoms with E-state index in [9.17, 15) is 8.42 Å². The minimum Gasteiger partial charge on any atom is -0.379 e. The molecule has 1 N–H and O–H groups in total. The Kier molecular flexibility index (Phi) is 7.16. The van der Waals surface area contributed by atoms with E-state index in [0.29, 0.717) is 29.5 Å². The maximum atomic E-state index is 13.2. The van der Waals surface area contributed by atoms with Crippen LogP contribution in [0.2, 0.25) is 0 Å². The minimum atomic E-state index is -3.49. The number of benzene rings is 1. The van der Waals surface area contributed by atoms with Crippen molar-refractivity contribution in [3.05, 3.63) is 35.9 Å². The SMILES string of the molecule is Cc1ccc(-c2ccc(NCCN3CCOCC3)nn2)cc1S(=O)(=O)N1CCCCC1. The van der Waals surface area contributed by atoms with E-state index < -0.39 is 10.0 Å². The van der Waals surface area contributed by atoms with Gasteiger partial charge in [0.05, 0.1) is 23.8 Å². The number of rotatable bonds is 7. The lowest BCUT2D eigenvalue weighted by atomic mass is 10.1. The lowest BCUT2D eigenvalue weighted by Gasteiger charge is -2.26. The van der Waals surface area contributed by atoms with Gasteiger partial charge in [-0.25, -0.2) is 8.42 Å². The van der Waals surface area contributed by atoms with E-state index in [1.165, 1.54) is 0 Å². The zero-order chi connectivity index (χ0) is 21.7. The third kappa shape index (κ3) is 5.41. The van der Waals surface area contributed by atoms with Gasteiger partial charge >= 0.3 is 0 Å². The topological polar surface area (TPSA) is 87.7 Å². The largest absolute Gasteiger partial charge is 0.379 e. The molecule has 9 heteroatoms. The number of hydrogen-bond donors (Lipinski definition) is 1. The van der Waals surface area contributed by atoms with Gasteiger partial charge in [-0.05, 0) is 43.5 Å². The Balaban J connectivity index is 1.44. The van der Waals surface area contributed by atoms with Gasteiger partial charge in [-0.3, -0.25) is 4.90 Å². The van der Waals surface area contributed by atoms with Gasteiger partial charge in [0.15, 0.2) is 0 Å². The number of nitrogens with zero attached hydrogens (tertiary/aromatic N) is 4. The van der Waals surface area contributed by atoms with Gasteiger partial charge in [0.2, 0.25) is 10.0 Å². The molecule has 2 saturated heterocycles. The molecule has 8 nitrogen and oxygen atoms in total. The second kappa shape index (κ2) is 10.0. The summed E-state index contributed by atoms with van der Waals surface area (Å²) < 4.78 is 33.3. The van der Waals surface area contributed by atoms with Crippen molar-refractivity contribution in [2.75, 3.05) is 57.8 Å². The molecule has 2 aliphatic heterocycles. The van der Waals surface area contributed by atoms with Crippen LogP contribution in [0.3, 0.4) is 0 Å². The fraction of sp³-hybridized carbons (Fsp3) is 0.545. The van der Waals surface area contributed by atoms with Crippen LogP contribution in [0.15, 0.2) is 35.2 Å². The molecular weight excluding hydrogens is 414 g/mol. The Bertz CT molecular complexity index is 969. The fourth-order valence-electron chi connectivity index (χ4n) is 4.03. The van der Waals surface area contributed by atoms with Gasteiger partial charge < -0.3 is 10.1 Å². The first-order valence-electron chi connectivity index (χ1n) is 11.0. The number of morpholine rings is 1. The molecule has 2 fully saturated rings. The molecule has 0 bridgehead atoms. The molecule has 0 aliphatic carbocycles. The van der Waals surface area contributed by atoms with Crippen LogP contribution in [-0.4, -0.2) is 80.3 Å². The number of aromatic nitrogens is 2. The predicted octanol–water partition coefficient (Wildman–Crippen LogP) is 2.37. The maximum absolute atomic E-state index is 13.2. The molecule has 4 rings (SSSR count). The van der Waals surface area contributed by atoms with Crippen LogP contribution in [0.25, 0.3) is 11.3 Å². The highest BCUT2D eigenvalue weighted by Crippen LogP contribution is 2.28. The number of ether oxygens (including phenoxy) is 1. The molecule has 0 atom stereocenters. The molecule has 1 aromatic carbocycles. The summed E-state index contributed by atoms with van der Waals surface area (Å²) in [7, 11) is -3.49. The van der Waals surface area contributed by atoms with Gasteiger partial charge in [0.25, 0.3) is 0 Å². The summed E-state index contributed by atoms with van der Waals surface area (Å²) in [6.07, 6.45) is 2.93. The van der Waals surface area contributed by atoms with Crippen molar-refractivity contribution in [1.29, 1.82) is 0 Å². The number of anilines is 1. The average Bonchev–Trinajstić information content (AvgIpc) is 2.81. The molecule has 168 valence electrons. The standard InChI is InChI=1S/C22H31N5O3S/c1-18-5-6-19(17-21(18)31(28,29)27-10-3-2-4-11-27)20-7-8-22(25-24-20)23-9-12-26-13-15-30-16-14-26/h5-8,17H,2-4,9-16H2,1H3,(H,23,25). The van der Waals surface area contributed by atoms with Crippen LogP contribution in [-0.2, 0) is 14.8 Å². The third-order valence-electron chi connectivity index (χ3n) is 5.92. The highest BCUT2D eigenvalue weighted by Gasteiger charge is 2.27. The highest BCUT2D eigenvalue weighted by atomic mass is 32.2. The molecule has 3 heterocycles. The average molecular weight is 446 g/mol. The van der Waals surface area contributed by atoms with Gasteiger partial charge in [-0.2, -0.15) is 4.31 Å². The second-order valence-corrected chi connectivity index (χ2v) is 10.0. The second-order valence-electron chi connectivity index (χ2n) is 8.13. The Morgan fingerprint density at radius 2 is 1.77 bits per heavy atom. The van der Waals surface area contributed by atoms with E-state index in [4.69, 9.17) is 4.74 Å². The highest BCUT2D eigenvalue weighted by molar-refractivity contribution is 7.89. The quantitative estimate of drug-likeness (QED) is 0.700. The summed E-state index contributed by atoms with van der Waals surface area (Å²) in [5.41, 5.74) is 2.17. The summed E-state index contributed by atoms with van der Waals surface area (Å²) >= 11 is 0. The van der Waals surface area contributed by atoms with Crippen LogP contribution in [0, 0.1) is 6.92 Å². The zero-order valence-electron chi connectivity index (χ0n) is 18.1. The third-order valence-corrected chi connectivity index (χ3v) is 7.96. The zero-order valence-corrected chi connectivity index (χ0v) is 18.9. The van der Waals surface area contributed by atoms with Crippen molar-refractivity contribution in [1.82, 2.24) is 19.4 Å². The van der Waals surface area contributed by atoms with Gasteiger partial charge in [-0.1, -0.05) is 18.6 Å². The molecule has 2 aromatic rings. The monoisotopic (exact) mass is 445 g/mol. The Morgan fingerprint density at radius 1 is 1.00 bits per heavy atom. The van der Waals surface area contributed by atoms with Crippen LogP contribution in [0.4, 0.5) is 5.82 Å². The number of hydrogen-bond acceptors (Lipinski definition) is 7. The van der Waals surface area contributed by atoms with E-state index >= 15 is 0 Å². The molecule has 2 aliphatic rings. The number of aryl methyl sites for hydroxylation is 1. The van der Waals surface area contributed by atoms with Crippen LogP contribution < -0.4 is 5.32 Å². The van der Waals surface area contributed by atoms with Crippen molar-refractivity contribution in [3.63, 3.8) is 0 Å². The van der Waals surface area contributed by atoms with Crippen LogP contribution in [0.5, 0.6) is 0 Å². The lowest BCUT2D eigenvalue weighted by molar-refractivity contribution is 0.0398. The number of sulfonamides is 1. The molecule has 0 spiro atoms. The summed E-state index contributed by atoms with van der Waals surface area (Å²) in [6, 6.07) is 9.25. The van der Waals surface area contributed by atoms with Crippen molar-refractivity contribution >= 4 is 15.8 Å². The van der Waals surface area contributed by atoms with Gasteiger partial charge in [0, 0.05) is 44.8 Å². The van der Waals surface area contributed by atoms with Crippen molar-refractivity contribution in [2.24, 2.45) is 0 Å². The van der Waals surface area contributed by atoms with Gasteiger partial charge in [-0.15, -0.1) is 10.2 Å². The van der Waals surface area contributed by atoms with Gasteiger partial charge in [0.1, 0.15) is 5.82 Å². The van der Waals surface area contributed by atoms with Crippen LogP contribution >= 0.6 is 0 Å². The molecule has 0 saturated carbocycles. The van der Waals surface area contributed by atoms with E-state index in [1.54, 1.807) is 10.4 Å². The first-order chi connectivity index (χ1) is 15.0. The molecule has 0 amide bonds. The molecule has 0 unspecified atom stereocenters. The first kappa shape index (κ1) is 22.1. The molecular formula is C22H31N5O3S. The lowest BCUT2D eigenvalue weighted by Crippen LogP contribution is -2.39. The number of nitrogens with one attached hydrogen (secondary N) is 1. The Morgan fingerprint density at radius 3 is 2.48 bits per heavy atom. The normalized spacial score (nSPS) is 18.7.